The van der Waals surface area contributed by atoms with Gasteiger partial charge in [-0.15, -0.1) is 0 Å². The number of nitrogen functional groups attached to an aromatic ring is 1. The van der Waals surface area contributed by atoms with Gasteiger partial charge in [0.1, 0.15) is 0 Å². The molecule has 1 aromatic rings. The number of nitrogens with zero attached hydrogens (tertiary/aromatic N) is 1. The molecule has 0 spiro atoms. The van der Waals surface area contributed by atoms with Crippen molar-refractivity contribution in [3.63, 3.8) is 0 Å². The molecule has 0 fully saturated rings. The molecule has 0 bridgehead atoms. The lowest BCUT2D eigenvalue weighted by atomic mass is 10.4. The number of carbonyl (C=O) groups is 1. The highest BCUT2D eigenvalue weighted by Gasteiger charge is 2.06. The van der Waals surface area contributed by atoms with Crippen LogP contribution in [0.1, 0.15) is 13.8 Å². The molecule has 0 saturated carbocycles. The second-order valence-corrected chi connectivity index (χ2v) is 4.25. The summed E-state index contributed by atoms with van der Waals surface area (Å²) in [5.41, 5.74) is 6.10. The van der Waals surface area contributed by atoms with Gasteiger partial charge in [-0.3, -0.25) is 4.79 Å². The van der Waals surface area contributed by atoms with Crippen LogP contribution in [0.2, 0.25) is 0 Å². The van der Waals surface area contributed by atoms with Crippen molar-refractivity contribution in [2.45, 2.75) is 25.0 Å². The molecular weight excluding hydrogens is 212 g/mol. The Morgan fingerprint density at radius 3 is 2.87 bits per heavy atom. The summed E-state index contributed by atoms with van der Waals surface area (Å²) in [5, 5.41) is 0.768. The number of ether oxygens (including phenoxy) is 1. The lowest BCUT2D eigenvalue weighted by molar-refractivity contribution is -0.144. The van der Waals surface area contributed by atoms with Crippen LogP contribution in [-0.4, -0.2) is 22.8 Å². The van der Waals surface area contributed by atoms with Crippen LogP contribution in [0.4, 0.5) is 5.69 Å². The maximum atomic E-state index is 11.2. The smallest absolute Gasteiger partial charge is 0.316 e. The second-order valence-electron chi connectivity index (χ2n) is 3.26. The fraction of sp³-hybridized carbons (Fsp3) is 0.400. The van der Waals surface area contributed by atoms with Gasteiger partial charge in [0.05, 0.1) is 28.8 Å². The fourth-order valence-corrected chi connectivity index (χ4v) is 1.53. The van der Waals surface area contributed by atoms with Crippen molar-refractivity contribution in [1.82, 2.24) is 4.98 Å². The molecule has 0 unspecified atom stereocenters. The summed E-state index contributed by atoms with van der Waals surface area (Å²) in [5.74, 6) is 0.0448. The first kappa shape index (κ1) is 11.8. The molecule has 0 aliphatic carbocycles. The number of esters is 1. The van der Waals surface area contributed by atoms with Gasteiger partial charge in [0.25, 0.3) is 0 Å². The minimum Gasteiger partial charge on any atom is -0.462 e. The first-order valence-electron chi connectivity index (χ1n) is 4.61. The first-order valence-corrected chi connectivity index (χ1v) is 5.60. The van der Waals surface area contributed by atoms with Crippen LogP contribution in [0.25, 0.3) is 0 Å². The molecule has 1 rings (SSSR count). The van der Waals surface area contributed by atoms with Crippen LogP contribution in [0.3, 0.4) is 0 Å². The molecule has 0 saturated heterocycles. The molecule has 1 heterocycles. The van der Waals surface area contributed by atoms with Crippen LogP contribution in [0.5, 0.6) is 0 Å². The van der Waals surface area contributed by atoms with E-state index in [1.54, 1.807) is 18.3 Å². The molecule has 1 aromatic heterocycles. The zero-order valence-electron chi connectivity index (χ0n) is 8.77. The minimum atomic E-state index is -0.228. The Labute approximate surface area is 93.2 Å². The molecule has 82 valence electrons. The molecule has 4 nitrogen and oxygen atoms in total. The van der Waals surface area contributed by atoms with Crippen molar-refractivity contribution in [2.75, 3.05) is 11.5 Å². The van der Waals surface area contributed by atoms with Gasteiger partial charge in [-0.2, -0.15) is 0 Å². The highest BCUT2D eigenvalue weighted by atomic mass is 32.2. The number of carbonyl (C=O) groups excluding carboxylic acids is 1. The van der Waals surface area contributed by atoms with Gasteiger partial charge in [-0.05, 0) is 26.0 Å². The molecule has 2 N–H and O–H groups in total. The minimum absolute atomic E-state index is 0.0718. The van der Waals surface area contributed by atoms with Crippen LogP contribution < -0.4 is 5.73 Å². The summed E-state index contributed by atoms with van der Waals surface area (Å²) in [6.07, 6.45) is 1.49. The standard InChI is InChI=1S/C10H14N2O2S/c1-7(2)14-10(13)6-15-9-4-3-8(11)5-12-9/h3-5,7H,6,11H2,1-2H3. The Morgan fingerprint density at radius 2 is 2.33 bits per heavy atom. The highest BCUT2D eigenvalue weighted by molar-refractivity contribution is 7.99. The van der Waals surface area contributed by atoms with E-state index in [0.29, 0.717) is 5.69 Å². The van der Waals surface area contributed by atoms with Crippen LogP contribution in [0, 0.1) is 0 Å². The number of hydrogen-bond acceptors (Lipinski definition) is 5. The van der Waals surface area contributed by atoms with Crippen LogP contribution in [-0.2, 0) is 9.53 Å². The Balaban J connectivity index is 2.37. The average Bonchev–Trinajstić information content (AvgIpc) is 2.16. The van der Waals surface area contributed by atoms with Crippen LogP contribution >= 0.6 is 11.8 Å². The summed E-state index contributed by atoms with van der Waals surface area (Å²) in [6, 6.07) is 3.53. The third kappa shape index (κ3) is 4.69. The first-order chi connectivity index (χ1) is 7.08. The molecule has 0 atom stereocenters. The van der Waals surface area contributed by atoms with Gasteiger partial charge in [-0.25, -0.2) is 4.98 Å². The zero-order chi connectivity index (χ0) is 11.3. The number of thioether (sulfide) groups is 1. The number of nitrogens with two attached hydrogens (primary N) is 1. The Kier molecular flexibility index (Phi) is 4.42. The molecule has 15 heavy (non-hydrogen) atoms. The Bertz CT molecular complexity index is 325. The number of hydrogen-bond donors (Lipinski definition) is 1. The predicted molar refractivity (Wildman–Crippen MR) is 60.6 cm³/mol. The molecule has 5 heteroatoms. The summed E-state index contributed by atoms with van der Waals surface area (Å²) in [6.45, 7) is 3.65. The molecule has 0 amide bonds. The van der Waals surface area contributed by atoms with E-state index in [2.05, 4.69) is 4.98 Å². The lowest BCUT2D eigenvalue weighted by Crippen LogP contribution is -2.13. The van der Waals surface area contributed by atoms with Crippen molar-refractivity contribution in [3.8, 4) is 0 Å². The van der Waals surface area contributed by atoms with Gasteiger partial charge in [-0.1, -0.05) is 11.8 Å². The third-order valence-electron chi connectivity index (χ3n) is 1.46. The number of rotatable bonds is 4. The molecule has 0 aromatic carbocycles. The topological polar surface area (TPSA) is 65.2 Å². The summed E-state index contributed by atoms with van der Waals surface area (Å²) >= 11 is 1.34. The van der Waals surface area contributed by atoms with E-state index >= 15 is 0 Å². The quantitative estimate of drug-likeness (QED) is 0.625. The van der Waals surface area contributed by atoms with E-state index in [1.807, 2.05) is 13.8 Å². The monoisotopic (exact) mass is 226 g/mol. The largest absolute Gasteiger partial charge is 0.462 e. The van der Waals surface area contributed by atoms with Crippen molar-refractivity contribution < 1.29 is 9.53 Å². The summed E-state index contributed by atoms with van der Waals surface area (Å²) < 4.78 is 4.98. The van der Waals surface area contributed by atoms with Crippen molar-refractivity contribution in [3.05, 3.63) is 18.3 Å². The van der Waals surface area contributed by atoms with E-state index in [1.165, 1.54) is 11.8 Å². The van der Waals surface area contributed by atoms with Gasteiger partial charge in [0, 0.05) is 0 Å². The average molecular weight is 226 g/mol. The fourth-order valence-electron chi connectivity index (χ4n) is 0.907. The lowest BCUT2D eigenvalue weighted by Gasteiger charge is -2.06. The van der Waals surface area contributed by atoms with Gasteiger partial charge in [0.15, 0.2) is 0 Å². The van der Waals surface area contributed by atoms with E-state index < -0.39 is 0 Å². The zero-order valence-corrected chi connectivity index (χ0v) is 9.58. The highest BCUT2D eigenvalue weighted by Crippen LogP contribution is 2.16. The molecule has 0 radical (unpaired) electrons. The molecular formula is C10H14N2O2S. The predicted octanol–water partition coefficient (Wildman–Crippen LogP) is 1.71. The summed E-state index contributed by atoms with van der Waals surface area (Å²) in [4.78, 5) is 15.3. The van der Waals surface area contributed by atoms with Crippen molar-refractivity contribution in [2.24, 2.45) is 0 Å². The Morgan fingerprint density at radius 1 is 1.60 bits per heavy atom. The van der Waals surface area contributed by atoms with Gasteiger partial charge >= 0.3 is 5.97 Å². The van der Waals surface area contributed by atoms with Crippen molar-refractivity contribution >= 4 is 23.4 Å². The number of aromatic nitrogens is 1. The van der Waals surface area contributed by atoms with Gasteiger partial charge < -0.3 is 10.5 Å². The third-order valence-corrected chi connectivity index (χ3v) is 2.38. The number of anilines is 1. The Hall–Kier alpha value is -1.23. The van der Waals surface area contributed by atoms with Crippen molar-refractivity contribution in [1.29, 1.82) is 0 Å². The maximum Gasteiger partial charge on any atom is 0.316 e. The van der Waals surface area contributed by atoms with Gasteiger partial charge in [0.2, 0.25) is 0 Å². The van der Waals surface area contributed by atoms with Crippen LogP contribution in [0.15, 0.2) is 23.4 Å². The van der Waals surface area contributed by atoms with E-state index in [4.69, 9.17) is 10.5 Å². The normalized spacial score (nSPS) is 10.3. The molecule has 0 aliphatic heterocycles. The number of pyridine rings is 1. The maximum absolute atomic E-state index is 11.2. The van der Waals surface area contributed by atoms with E-state index in [0.717, 1.165) is 5.03 Å². The second kappa shape index (κ2) is 5.60. The van der Waals surface area contributed by atoms with E-state index in [-0.39, 0.29) is 17.8 Å². The van der Waals surface area contributed by atoms with E-state index in [9.17, 15) is 4.79 Å². The molecule has 0 aliphatic rings. The SMILES string of the molecule is CC(C)OC(=O)CSc1ccc(N)cn1. The summed E-state index contributed by atoms with van der Waals surface area (Å²) in [7, 11) is 0.